The highest BCUT2D eigenvalue weighted by molar-refractivity contribution is 6.29. The third-order valence-corrected chi connectivity index (χ3v) is 5.63. The monoisotopic (exact) mass is 400 g/mol. The summed E-state index contributed by atoms with van der Waals surface area (Å²) in [5, 5.41) is 0.417. The van der Waals surface area contributed by atoms with E-state index in [1.54, 1.807) is 26.3 Å². The molecule has 2 aromatic rings. The molecule has 2 heterocycles. The highest BCUT2D eigenvalue weighted by Gasteiger charge is 2.32. The van der Waals surface area contributed by atoms with Crippen LogP contribution in [-0.4, -0.2) is 41.8 Å². The number of hydrogen-bond acceptors (Lipinski definition) is 4. The van der Waals surface area contributed by atoms with E-state index in [0.717, 1.165) is 24.3 Å². The first-order chi connectivity index (χ1) is 13.5. The van der Waals surface area contributed by atoms with Crippen LogP contribution in [-0.2, 0) is 16.0 Å². The molecule has 1 aliphatic rings. The molecule has 1 aliphatic heterocycles. The Labute approximate surface area is 170 Å². The van der Waals surface area contributed by atoms with Gasteiger partial charge in [-0.05, 0) is 47.6 Å². The summed E-state index contributed by atoms with van der Waals surface area (Å²) in [6.07, 6.45) is 3.26. The Morgan fingerprint density at radius 1 is 1.21 bits per heavy atom. The molecule has 2 atom stereocenters. The van der Waals surface area contributed by atoms with Crippen molar-refractivity contribution in [2.24, 2.45) is 5.92 Å². The van der Waals surface area contributed by atoms with Gasteiger partial charge in [-0.15, -0.1) is 0 Å². The highest BCUT2D eigenvalue weighted by Crippen LogP contribution is 2.36. The minimum absolute atomic E-state index is 0.0625. The third-order valence-electron chi connectivity index (χ3n) is 5.40. The summed E-state index contributed by atoms with van der Waals surface area (Å²) in [6, 6.07) is 11.6. The molecular formula is C22H25ClN2O3. The van der Waals surface area contributed by atoms with Crippen molar-refractivity contribution in [2.45, 2.75) is 32.1 Å². The lowest BCUT2D eigenvalue weighted by atomic mass is 9.77. The molecule has 6 heteroatoms. The maximum absolute atomic E-state index is 12.7. The van der Waals surface area contributed by atoms with E-state index in [1.165, 1.54) is 5.56 Å². The average Bonchev–Trinajstić information content (AvgIpc) is 2.69. The Kier molecular flexibility index (Phi) is 6.68. The van der Waals surface area contributed by atoms with Crippen LogP contribution in [0.15, 0.2) is 42.6 Å². The fraction of sp³-hybridized carbons (Fsp3) is 0.409. The highest BCUT2D eigenvalue weighted by atomic mass is 35.5. The number of rotatable bonds is 6. The number of pyridine rings is 1. The van der Waals surface area contributed by atoms with Gasteiger partial charge in [0.2, 0.25) is 5.91 Å². The number of Topliss-reactive ketones (excluding diaryl/α,β-unsaturated/α-hetero) is 1. The Morgan fingerprint density at radius 3 is 2.57 bits per heavy atom. The van der Waals surface area contributed by atoms with E-state index in [-0.39, 0.29) is 23.5 Å². The molecule has 5 nitrogen and oxygen atoms in total. The van der Waals surface area contributed by atoms with Gasteiger partial charge < -0.3 is 9.64 Å². The Bertz CT molecular complexity index is 821. The lowest BCUT2D eigenvalue weighted by Gasteiger charge is -2.38. The fourth-order valence-electron chi connectivity index (χ4n) is 3.92. The van der Waals surface area contributed by atoms with Gasteiger partial charge >= 0.3 is 0 Å². The number of likely N-dealkylation sites (tertiary alicyclic amines) is 1. The van der Waals surface area contributed by atoms with Crippen molar-refractivity contribution >= 4 is 23.3 Å². The average molecular weight is 401 g/mol. The van der Waals surface area contributed by atoms with Crippen LogP contribution in [0.5, 0.6) is 5.75 Å². The van der Waals surface area contributed by atoms with Crippen LogP contribution in [0.4, 0.5) is 0 Å². The van der Waals surface area contributed by atoms with Crippen LogP contribution >= 0.6 is 11.6 Å². The van der Waals surface area contributed by atoms with Gasteiger partial charge in [-0.1, -0.05) is 29.8 Å². The van der Waals surface area contributed by atoms with Crippen molar-refractivity contribution < 1.29 is 14.3 Å². The van der Waals surface area contributed by atoms with Crippen molar-refractivity contribution in [3.63, 3.8) is 0 Å². The second-order valence-electron chi connectivity index (χ2n) is 7.30. The molecule has 0 bridgehead atoms. The molecule has 28 heavy (non-hydrogen) atoms. The predicted molar refractivity (Wildman–Crippen MR) is 109 cm³/mol. The van der Waals surface area contributed by atoms with E-state index in [1.807, 2.05) is 23.1 Å². The molecule has 0 radical (unpaired) electrons. The number of nitrogens with zero attached hydrogens (tertiary/aromatic N) is 2. The number of carbonyl (C=O) groups is 2. The number of halogens is 1. The number of ketones is 1. The molecule has 1 aromatic heterocycles. The molecule has 0 saturated carbocycles. The number of piperidine rings is 1. The van der Waals surface area contributed by atoms with E-state index in [9.17, 15) is 9.59 Å². The van der Waals surface area contributed by atoms with E-state index in [4.69, 9.17) is 16.3 Å². The summed E-state index contributed by atoms with van der Waals surface area (Å²) >= 11 is 5.82. The standard InChI is InChI=1S/C22H25ClN2O3/c1-15(26)25-10-9-21(17-4-6-20(28-2)7-5-17)18(14-25)12-19(27)11-16-3-8-22(23)24-13-16/h3-8,13,18,21H,9-12,14H2,1-2H3/t18-,21?/m1/s1. The molecule has 1 saturated heterocycles. The lowest BCUT2D eigenvalue weighted by molar-refractivity contribution is -0.132. The maximum Gasteiger partial charge on any atom is 0.219 e. The summed E-state index contributed by atoms with van der Waals surface area (Å²) in [7, 11) is 1.65. The zero-order valence-electron chi connectivity index (χ0n) is 16.2. The predicted octanol–water partition coefficient (Wildman–Crippen LogP) is 3.90. The minimum atomic E-state index is 0.0625. The van der Waals surface area contributed by atoms with Gasteiger partial charge in [0, 0.05) is 39.1 Å². The van der Waals surface area contributed by atoms with Crippen molar-refractivity contribution in [1.82, 2.24) is 9.88 Å². The Morgan fingerprint density at radius 2 is 1.96 bits per heavy atom. The van der Waals surface area contributed by atoms with Crippen LogP contribution < -0.4 is 4.74 Å². The molecule has 1 amide bonds. The van der Waals surface area contributed by atoms with E-state index in [2.05, 4.69) is 17.1 Å². The fourth-order valence-corrected chi connectivity index (χ4v) is 4.03. The van der Waals surface area contributed by atoms with Crippen LogP contribution in [0.3, 0.4) is 0 Å². The number of methoxy groups -OCH3 is 1. The number of hydrogen-bond donors (Lipinski definition) is 0. The molecule has 148 valence electrons. The largest absolute Gasteiger partial charge is 0.497 e. The molecule has 1 aromatic carbocycles. The third kappa shape index (κ3) is 5.10. The van der Waals surface area contributed by atoms with Gasteiger partial charge in [-0.25, -0.2) is 4.98 Å². The van der Waals surface area contributed by atoms with Crippen molar-refractivity contribution in [3.05, 3.63) is 58.9 Å². The summed E-state index contributed by atoms with van der Waals surface area (Å²) in [5.41, 5.74) is 2.05. The summed E-state index contributed by atoms with van der Waals surface area (Å²) < 4.78 is 5.25. The second kappa shape index (κ2) is 9.20. The maximum atomic E-state index is 12.7. The zero-order chi connectivity index (χ0) is 20.1. The summed E-state index contributed by atoms with van der Waals surface area (Å²) in [4.78, 5) is 30.5. The Balaban J connectivity index is 1.73. The van der Waals surface area contributed by atoms with Crippen LogP contribution in [0.25, 0.3) is 0 Å². The number of carbonyl (C=O) groups excluding carboxylic acids is 2. The van der Waals surface area contributed by atoms with Gasteiger partial charge in [0.15, 0.2) is 0 Å². The number of amides is 1. The summed E-state index contributed by atoms with van der Waals surface area (Å²) in [5.74, 6) is 1.37. The first-order valence-electron chi connectivity index (χ1n) is 9.48. The molecular weight excluding hydrogens is 376 g/mol. The molecule has 0 spiro atoms. The second-order valence-corrected chi connectivity index (χ2v) is 7.69. The smallest absolute Gasteiger partial charge is 0.219 e. The van der Waals surface area contributed by atoms with E-state index < -0.39 is 0 Å². The first-order valence-corrected chi connectivity index (χ1v) is 9.85. The topological polar surface area (TPSA) is 59.5 Å². The number of benzene rings is 1. The molecule has 1 unspecified atom stereocenters. The van der Waals surface area contributed by atoms with Crippen molar-refractivity contribution in [1.29, 1.82) is 0 Å². The van der Waals surface area contributed by atoms with Crippen molar-refractivity contribution in [3.8, 4) is 5.75 Å². The molecule has 0 N–H and O–H groups in total. The zero-order valence-corrected chi connectivity index (χ0v) is 17.0. The van der Waals surface area contributed by atoms with Gasteiger partial charge in [-0.2, -0.15) is 0 Å². The first kappa shape index (κ1) is 20.3. The van der Waals surface area contributed by atoms with E-state index in [0.29, 0.717) is 24.5 Å². The quantitative estimate of drug-likeness (QED) is 0.690. The van der Waals surface area contributed by atoms with Gasteiger partial charge in [0.25, 0.3) is 0 Å². The molecule has 1 fully saturated rings. The normalized spacial score (nSPS) is 19.3. The van der Waals surface area contributed by atoms with Gasteiger partial charge in [0.05, 0.1) is 7.11 Å². The van der Waals surface area contributed by atoms with Crippen LogP contribution in [0.2, 0.25) is 5.15 Å². The van der Waals surface area contributed by atoms with Crippen LogP contribution in [0, 0.1) is 5.92 Å². The van der Waals surface area contributed by atoms with Gasteiger partial charge in [0.1, 0.15) is 16.7 Å². The van der Waals surface area contributed by atoms with Gasteiger partial charge in [-0.3, -0.25) is 9.59 Å². The Hall–Kier alpha value is -2.40. The van der Waals surface area contributed by atoms with Crippen LogP contribution in [0.1, 0.15) is 36.8 Å². The summed E-state index contributed by atoms with van der Waals surface area (Å²) in [6.45, 7) is 2.92. The molecule has 3 rings (SSSR count). The SMILES string of the molecule is COc1ccc(C2CCN(C(C)=O)C[C@H]2CC(=O)Cc2ccc(Cl)nc2)cc1. The lowest BCUT2D eigenvalue weighted by Crippen LogP contribution is -2.42. The number of aromatic nitrogens is 1. The van der Waals surface area contributed by atoms with Crippen molar-refractivity contribution in [2.75, 3.05) is 20.2 Å². The minimum Gasteiger partial charge on any atom is -0.497 e. The van der Waals surface area contributed by atoms with E-state index >= 15 is 0 Å². The molecule has 0 aliphatic carbocycles. The number of ether oxygens (including phenoxy) is 1.